The number of aryl methyl sites for hydroxylation is 3. The van der Waals surface area contributed by atoms with Gasteiger partial charge in [0.05, 0.1) is 16.3 Å². The number of hydrogen-bond donors (Lipinski definition) is 0. The highest BCUT2D eigenvalue weighted by Crippen LogP contribution is 2.27. The first kappa shape index (κ1) is 24.3. The third-order valence-electron chi connectivity index (χ3n) is 6.59. The van der Waals surface area contributed by atoms with Crippen molar-refractivity contribution < 1.29 is 13.2 Å². The second kappa shape index (κ2) is 9.80. The Kier molecular flexibility index (Phi) is 7.21. The van der Waals surface area contributed by atoms with Crippen LogP contribution in [0, 0.1) is 19.8 Å². The molecule has 9 heteroatoms. The van der Waals surface area contributed by atoms with E-state index in [0.29, 0.717) is 42.7 Å². The summed E-state index contributed by atoms with van der Waals surface area (Å²) < 4.78 is 30.0. The average molecular weight is 491 g/mol. The van der Waals surface area contributed by atoms with Crippen molar-refractivity contribution in [2.45, 2.75) is 63.6 Å². The van der Waals surface area contributed by atoms with Crippen molar-refractivity contribution >= 4 is 27.7 Å². The highest BCUT2D eigenvalue weighted by Gasteiger charge is 2.31. The van der Waals surface area contributed by atoms with Crippen LogP contribution in [0.25, 0.3) is 0 Å². The van der Waals surface area contributed by atoms with E-state index in [1.54, 1.807) is 11.0 Å². The Balaban J connectivity index is 1.34. The second-order valence-corrected chi connectivity index (χ2v) is 12.3. The summed E-state index contributed by atoms with van der Waals surface area (Å²) in [5.41, 5.74) is 4.56. The van der Waals surface area contributed by atoms with Crippen LogP contribution in [0.1, 0.15) is 42.8 Å². The van der Waals surface area contributed by atoms with E-state index in [1.165, 1.54) is 21.6 Å². The maximum Gasteiger partial charge on any atom is 0.243 e. The summed E-state index contributed by atoms with van der Waals surface area (Å²) in [7, 11) is -3.53. The Bertz CT molecular complexity index is 1130. The number of thioether (sulfide) groups is 1. The van der Waals surface area contributed by atoms with Crippen molar-refractivity contribution in [1.29, 1.82) is 0 Å². The topological polar surface area (TPSA) is 75.5 Å². The molecule has 0 atom stereocenters. The molecule has 4 rings (SSSR count). The van der Waals surface area contributed by atoms with Gasteiger partial charge >= 0.3 is 0 Å². The zero-order chi connectivity index (χ0) is 23.8. The molecule has 180 valence electrons. The Morgan fingerprint density at radius 2 is 1.79 bits per heavy atom. The summed E-state index contributed by atoms with van der Waals surface area (Å²) in [6, 6.07) is 5.53. The number of nitrogens with zero attached hydrogens (tertiary/aromatic N) is 4. The van der Waals surface area contributed by atoms with Gasteiger partial charge in [0, 0.05) is 38.4 Å². The quantitative estimate of drug-likeness (QED) is 0.557. The lowest BCUT2D eigenvalue weighted by atomic mass is 10.1. The van der Waals surface area contributed by atoms with Crippen molar-refractivity contribution in [2.75, 3.05) is 31.9 Å². The van der Waals surface area contributed by atoms with Gasteiger partial charge in [0.15, 0.2) is 5.16 Å². The molecule has 1 aromatic heterocycles. The van der Waals surface area contributed by atoms with Crippen molar-refractivity contribution in [3.63, 3.8) is 0 Å². The second-order valence-electron chi connectivity index (χ2n) is 9.43. The highest BCUT2D eigenvalue weighted by molar-refractivity contribution is 7.99. The number of aromatic nitrogens is 2. The first-order valence-electron chi connectivity index (χ1n) is 11.7. The summed E-state index contributed by atoms with van der Waals surface area (Å²) in [6.45, 7) is 10.8. The van der Waals surface area contributed by atoms with E-state index >= 15 is 0 Å². The maximum atomic E-state index is 13.1. The number of fused-ring (bicyclic) bond motifs is 1. The van der Waals surface area contributed by atoms with Crippen LogP contribution in [0.3, 0.4) is 0 Å². The van der Waals surface area contributed by atoms with Gasteiger partial charge in [-0.1, -0.05) is 31.7 Å². The SMILES string of the molecule is Cc1nc(SCC(=O)N2CCN(S(=O)(=O)c3ccc4c(c3)CCC4)CC2)n(CC(C)C)c1C. The summed E-state index contributed by atoms with van der Waals surface area (Å²) in [6.07, 6.45) is 3.08. The third-order valence-corrected chi connectivity index (χ3v) is 9.45. The van der Waals surface area contributed by atoms with Gasteiger partial charge in [-0.3, -0.25) is 4.79 Å². The molecule has 33 heavy (non-hydrogen) atoms. The molecule has 0 saturated carbocycles. The van der Waals surface area contributed by atoms with Crippen LogP contribution in [0.2, 0.25) is 0 Å². The van der Waals surface area contributed by atoms with Crippen molar-refractivity contribution in [3.05, 3.63) is 40.7 Å². The Labute approximate surface area is 201 Å². The number of amides is 1. The van der Waals surface area contributed by atoms with Crippen LogP contribution >= 0.6 is 11.8 Å². The normalized spacial score (nSPS) is 17.1. The molecule has 0 bridgehead atoms. The lowest BCUT2D eigenvalue weighted by Crippen LogP contribution is -2.51. The van der Waals surface area contributed by atoms with Crippen molar-refractivity contribution in [2.24, 2.45) is 5.92 Å². The number of imidazole rings is 1. The predicted octanol–water partition coefficient (Wildman–Crippen LogP) is 3.27. The minimum Gasteiger partial charge on any atom is -0.339 e. The zero-order valence-corrected chi connectivity index (χ0v) is 21.6. The molecule has 1 fully saturated rings. The number of sulfonamides is 1. The molecule has 0 N–H and O–H groups in total. The molecule has 1 aromatic carbocycles. The van der Waals surface area contributed by atoms with Gasteiger partial charge < -0.3 is 9.47 Å². The fraction of sp³-hybridized carbons (Fsp3) is 0.583. The largest absolute Gasteiger partial charge is 0.339 e. The molecule has 2 heterocycles. The molecule has 1 aliphatic heterocycles. The van der Waals surface area contributed by atoms with E-state index < -0.39 is 10.0 Å². The number of hydrogen-bond acceptors (Lipinski definition) is 5. The van der Waals surface area contributed by atoms with E-state index in [-0.39, 0.29) is 5.91 Å². The lowest BCUT2D eigenvalue weighted by molar-refractivity contribution is -0.129. The number of benzene rings is 1. The van der Waals surface area contributed by atoms with Crippen LogP contribution < -0.4 is 0 Å². The van der Waals surface area contributed by atoms with Crippen molar-refractivity contribution in [1.82, 2.24) is 18.8 Å². The first-order chi connectivity index (χ1) is 15.7. The van der Waals surface area contributed by atoms with Gasteiger partial charge in [0.2, 0.25) is 15.9 Å². The fourth-order valence-electron chi connectivity index (χ4n) is 4.57. The lowest BCUT2D eigenvalue weighted by Gasteiger charge is -2.34. The standard InChI is InChI=1S/C24H34N4O3S2/c1-17(2)15-28-19(4)18(3)25-24(28)32-16-23(29)26-10-12-27(13-11-26)33(30,31)22-9-8-20-6-5-7-21(20)14-22/h8-9,14,17H,5-7,10-13,15-16H2,1-4H3. The van der Waals surface area contributed by atoms with Gasteiger partial charge in [-0.25, -0.2) is 13.4 Å². The van der Waals surface area contributed by atoms with Gasteiger partial charge in [-0.2, -0.15) is 4.31 Å². The number of rotatable bonds is 7. The summed E-state index contributed by atoms with van der Waals surface area (Å²) in [5.74, 6) is 0.836. The van der Waals surface area contributed by atoms with Crippen LogP contribution in [0.15, 0.2) is 28.3 Å². The molecule has 2 aromatic rings. The summed E-state index contributed by atoms with van der Waals surface area (Å²) in [4.78, 5) is 19.7. The van der Waals surface area contributed by atoms with Crippen LogP contribution in [0.5, 0.6) is 0 Å². The van der Waals surface area contributed by atoms with E-state index in [2.05, 4.69) is 30.3 Å². The highest BCUT2D eigenvalue weighted by atomic mass is 32.2. The minimum absolute atomic E-state index is 0.0315. The van der Waals surface area contributed by atoms with Crippen molar-refractivity contribution in [3.8, 4) is 0 Å². The molecule has 1 aliphatic carbocycles. The van der Waals surface area contributed by atoms with Gasteiger partial charge in [0.25, 0.3) is 0 Å². The molecular weight excluding hydrogens is 456 g/mol. The molecule has 2 aliphatic rings. The third kappa shape index (κ3) is 5.15. The minimum atomic E-state index is -3.53. The van der Waals surface area contributed by atoms with Crippen LogP contribution in [0.4, 0.5) is 0 Å². The molecule has 7 nitrogen and oxygen atoms in total. The van der Waals surface area contributed by atoms with E-state index in [0.717, 1.165) is 47.9 Å². The molecule has 0 unspecified atom stereocenters. The fourth-order valence-corrected chi connectivity index (χ4v) is 7.04. The monoisotopic (exact) mass is 490 g/mol. The van der Waals surface area contributed by atoms with E-state index in [4.69, 9.17) is 0 Å². The molecule has 0 radical (unpaired) electrons. The Hall–Kier alpha value is -1.84. The molecular formula is C24H34N4O3S2. The summed E-state index contributed by atoms with van der Waals surface area (Å²) >= 11 is 1.47. The first-order valence-corrected chi connectivity index (χ1v) is 14.2. The van der Waals surface area contributed by atoms with Gasteiger partial charge in [-0.15, -0.1) is 0 Å². The number of carbonyl (C=O) groups excluding carboxylic acids is 1. The molecule has 0 spiro atoms. The number of piperazine rings is 1. The van der Waals surface area contributed by atoms with Crippen LogP contribution in [-0.4, -0.2) is 65.0 Å². The maximum absolute atomic E-state index is 13.1. The average Bonchev–Trinajstić information content (AvgIpc) is 3.36. The molecule has 1 amide bonds. The smallest absolute Gasteiger partial charge is 0.243 e. The van der Waals surface area contributed by atoms with Gasteiger partial charge in [0.1, 0.15) is 0 Å². The Morgan fingerprint density at radius 3 is 2.48 bits per heavy atom. The van der Waals surface area contributed by atoms with E-state index in [1.807, 2.05) is 19.1 Å². The van der Waals surface area contributed by atoms with E-state index in [9.17, 15) is 13.2 Å². The predicted molar refractivity (Wildman–Crippen MR) is 131 cm³/mol. The van der Waals surface area contributed by atoms with Crippen LogP contribution in [-0.2, 0) is 34.2 Å². The number of carbonyl (C=O) groups is 1. The van der Waals surface area contributed by atoms with Gasteiger partial charge in [-0.05, 0) is 62.3 Å². The molecule has 1 saturated heterocycles. The summed E-state index contributed by atoms with van der Waals surface area (Å²) in [5, 5.41) is 0.880. The Morgan fingerprint density at radius 1 is 1.09 bits per heavy atom. The zero-order valence-electron chi connectivity index (χ0n) is 20.0.